The summed E-state index contributed by atoms with van der Waals surface area (Å²) in [5.41, 5.74) is 0.641. The Morgan fingerprint density at radius 1 is 1.62 bits per heavy atom. The highest BCUT2D eigenvalue weighted by molar-refractivity contribution is 5.85. The third-order valence-electron chi connectivity index (χ3n) is 2.34. The lowest BCUT2D eigenvalue weighted by molar-refractivity contribution is 0.0690. The van der Waals surface area contributed by atoms with Crippen LogP contribution in [0.3, 0.4) is 0 Å². The molecule has 2 N–H and O–H groups in total. The molecule has 1 aliphatic heterocycles. The lowest BCUT2D eigenvalue weighted by Gasteiger charge is -2.11. The summed E-state index contributed by atoms with van der Waals surface area (Å²) in [6.07, 6.45) is 0.889. The molecule has 2 rings (SSSR count). The number of carboxylic acids is 1. The Morgan fingerprint density at radius 3 is 3.06 bits per heavy atom. The molecule has 86 valence electrons. The van der Waals surface area contributed by atoms with Crippen LogP contribution >= 0.6 is 0 Å². The van der Waals surface area contributed by atoms with Crippen LogP contribution in [-0.4, -0.2) is 40.3 Å². The minimum Gasteiger partial charge on any atom is -0.477 e. The highest BCUT2D eigenvalue weighted by Gasteiger charge is 2.17. The highest BCUT2D eigenvalue weighted by atomic mass is 16.5. The van der Waals surface area contributed by atoms with Crippen LogP contribution in [0.4, 0.5) is 5.95 Å². The number of ether oxygens (including phenoxy) is 1. The number of aromatic nitrogens is 2. The lowest BCUT2D eigenvalue weighted by atomic mass is 10.3. The van der Waals surface area contributed by atoms with Crippen LogP contribution < -0.4 is 5.32 Å². The van der Waals surface area contributed by atoms with Crippen LogP contribution in [0.5, 0.6) is 0 Å². The molecule has 0 bridgehead atoms. The quantitative estimate of drug-likeness (QED) is 0.784. The van der Waals surface area contributed by atoms with Gasteiger partial charge in [0.15, 0.2) is 5.69 Å². The molecule has 1 aromatic heterocycles. The molecule has 1 atom stereocenters. The minimum atomic E-state index is -1.05. The van der Waals surface area contributed by atoms with Crippen molar-refractivity contribution in [2.75, 3.05) is 18.5 Å². The fraction of sp³-hybridized carbons (Fsp3) is 0.500. The number of hydrogen-bond acceptors (Lipinski definition) is 5. The monoisotopic (exact) mass is 223 g/mol. The second-order valence-corrected chi connectivity index (χ2v) is 3.73. The Bertz CT molecular complexity index is 402. The predicted octanol–water partition coefficient (Wildman–Crippen LogP) is 0.684. The second-order valence-electron chi connectivity index (χ2n) is 3.73. The maximum atomic E-state index is 10.8. The van der Waals surface area contributed by atoms with E-state index in [0.717, 1.165) is 13.0 Å². The van der Waals surface area contributed by atoms with Crippen molar-refractivity contribution in [3.05, 3.63) is 17.5 Å². The maximum Gasteiger partial charge on any atom is 0.354 e. The normalized spacial score (nSPS) is 19.7. The van der Waals surface area contributed by atoms with Gasteiger partial charge in [0.05, 0.1) is 12.6 Å². The van der Waals surface area contributed by atoms with Crippen LogP contribution in [0.25, 0.3) is 0 Å². The van der Waals surface area contributed by atoms with Crippen LogP contribution in [0, 0.1) is 6.92 Å². The van der Waals surface area contributed by atoms with Crippen LogP contribution in [0.1, 0.15) is 22.6 Å². The zero-order chi connectivity index (χ0) is 11.5. The summed E-state index contributed by atoms with van der Waals surface area (Å²) in [6.45, 7) is 3.07. The van der Waals surface area contributed by atoms with Crippen LogP contribution in [0.15, 0.2) is 6.07 Å². The van der Waals surface area contributed by atoms with Gasteiger partial charge < -0.3 is 15.2 Å². The van der Waals surface area contributed by atoms with Crippen molar-refractivity contribution in [1.82, 2.24) is 9.97 Å². The number of nitrogens with one attached hydrogen (secondary N) is 1. The van der Waals surface area contributed by atoms with Crippen molar-refractivity contribution in [2.24, 2.45) is 0 Å². The number of nitrogens with zero attached hydrogens (tertiary/aromatic N) is 2. The molecule has 2 heterocycles. The number of carbonyl (C=O) groups is 1. The Morgan fingerprint density at radius 2 is 2.44 bits per heavy atom. The lowest BCUT2D eigenvalue weighted by Crippen LogP contribution is -2.21. The molecule has 1 unspecified atom stereocenters. The topological polar surface area (TPSA) is 84.3 Å². The average Bonchev–Trinajstić information content (AvgIpc) is 2.69. The third-order valence-corrected chi connectivity index (χ3v) is 2.34. The first-order chi connectivity index (χ1) is 7.65. The van der Waals surface area contributed by atoms with Crippen molar-refractivity contribution in [3.63, 3.8) is 0 Å². The number of aromatic carboxylic acids is 1. The molecule has 0 spiro atoms. The summed E-state index contributed by atoms with van der Waals surface area (Å²) in [5, 5.41) is 11.9. The molecule has 6 heteroatoms. The van der Waals surface area contributed by atoms with Crippen molar-refractivity contribution in [2.45, 2.75) is 19.4 Å². The van der Waals surface area contributed by atoms with Gasteiger partial charge in [-0.3, -0.25) is 0 Å². The fourth-order valence-corrected chi connectivity index (χ4v) is 1.57. The Labute approximate surface area is 92.7 Å². The van der Waals surface area contributed by atoms with E-state index in [9.17, 15) is 4.79 Å². The molecule has 0 aliphatic carbocycles. The summed E-state index contributed by atoms with van der Waals surface area (Å²) in [7, 11) is 0. The first-order valence-corrected chi connectivity index (χ1v) is 5.08. The van der Waals surface area contributed by atoms with E-state index >= 15 is 0 Å². The number of anilines is 1. The molecule has 16 heavy (non-hydrogen) atoms. The van der Waals surface area contributed by atoms with Gasteiger partial charge >= 0.3 is 5.97 Å². The molecule has 1 fully saturated rings. The van der Waals surface area contributed by atoms with Gasteiger partial charge in [-0.2, -0.15) is 0 Å². The number of carboxylic acid groups (broad SMARTS) is 1. The summed E-state index contributed by atoms with van der Waals surface area (Å²) in [6, 6.07) is 1.61. The third kappa shape index (κ3) is 2.46. The summed E-state index contributed by atoms with van der Waals surface area (Å²) < 4.78 is 5.20. The molecule has 1 aromatic rings. The van der Waals surface area contributed by atoms with Gasteiger partial charge in [-0.15, -0.1) is 0 Å². The Hall–Kier alpha value is -1.69. The first-order valence-electron chi connectivity index (χ1n) is 5.08. The molecule has 0 radical (unpaired) electrons. The molecule has 1 saturated heterocycles. The van der Waals surface area contributed by atoms with Crippen molar-refractivity contribution >= 4 is 11.9 Å². The van der Waals surface area contributed by atoms with Gasteiger partial charge in [-0.05, 0) is 19.4 Å². The number of hydrogen-bond donors (Lipinski definition) is 2. The molecule has 0 aromatic carbocycles. The fourth-order valence-electron chi connectivity index (χ4n) is 1.57. The van der Waals surface area contributed by atoms with Crippen molar-refractivity contribution in [1.29, 1.82) is 0 Å². The SMILES string of the molecule is Cc1cc(C(=O)O)nc(NC2CCOC2)n1. The largest absolute Gasteiger partial charge is 0.477 e. The summed E-state index contributed by atoms with van der Waals surface area (Å²) in [4.78, 5) is 18.9. The molecule has 6 nitrogen and oxygen atoms in total. The number of rotatable bonds is 3. The van der Waals surface area contributed by atoms with Gasteiger partial charge in [0.2, 0.25) is 5.95 Å². The van der Waals surface area contributed by atoms with E-state index in [-0.39, 0.29) is 11.7 Å². The predicted molar refractivity (Wildman–Crippen MR) is 56.6 cm³/mol. The second kappa shape index (κ2) is 4.44. The van der Waals surface area contributed by atoms with E-state index in [4.69, 9.17) is 9.84 Å². The van der Waals surface area contributed by atoms with E-state index in [0.29, 0.717) is 18.2 Å². The van der Waals surface area contributed by atoms with Crippen molar-refractivity contribution in [3.8, 4) is 0 Å². The van der Waals surface area contributed by atoms with Gasteiger partial charge in [0.1, 0.15) is 0 Å². The van der Waals surface area contributed by atoms with Crippen molar-refractivity contribution < 1.29 is 14.6 Å². The van der Waals surface area contributed by atoms with Gasteiger partial charge in [-0.25, -0.2) is 14.8 Å². The Kier molecular flexibility index (Phi) is 3.00. The van der Waals surface area contributed by atoms with Crippen LogP contribution in [-0.2, 0) is 4.74 Å². The van der Waals surface area contributed by atoms with E-state index in [1.165, 1.54) is 6.07 Å². The van der Waals surface area contributed by atoms with E-state index < -0.39 is 5.97 Å². The van der Waals surface area contributed by atoms with E-state index in [1.54, 1.807) is 6.92 Å². The van der Waals surface area contributed by atoms with Gasteiger partial charge in [0, 0.05) is 12.3 Å². The molecule has 0 saturated carbocycles. The standard InChI is InChI=1S/C10H13N3O3/c1-6-4-8(9(14)15)13-10(11-6)12-7-2-3-16-5-7/h4,7H,2-3,5H2,1H3,(H,14,15)(H,11,12,13). The summed E-state index contributed by atoms with van der Waals surface area (Å²) >= 11 is 0. The zero-order valence-electron chi connectivity index (χ0n) is 8.93. The highest BCUT2D eigenvalue weighted by Crippen LogP contribution is 2.11. The zero-order valence-corrected chi connectivity index (χ0v) is 8.93. The minimum absolute atomic E-state index is 0.00825. The van der Waals surface area contributed by atoms with Crippen LogP contribution in [0.2, 0.25) is 0 Å². The molecular weight excluding hydrogens is 210 g/mol. The first kappa shape index (κ1) is 10.8. The van der Waals surface area contributed by atoms with E-state index in [2.05, 4.69) is 15.3 Å². The average molecular weight is 223 g/mol. The molecule has 0 amide bonds. The summed E-state index contributed by atoms with van der Waals surface area (Å²) in [5.74, 6) is -0.691. The van der Waals surface area contributed by atoms with E-state index in [1.807, 2.05) is 0 Å². The van der Waals surface area contributed by atoms with Gasteiger partial charge in [-0.1, -0.05) is 0 Å². The molecule has 1 aliphatic rings. The number of aryl methyl sites for hydroxylation is 1. The van der Waals surface area contributed by atoms with Gasteiger partial charge in [0.25, 0.3) is 0 Å². The maximum absolute atomic E-state index is 10.8. The Balaban J connectivity index is 2.16. The smallest absolute Gasteiger partial charge is 0.354 e. The molecular formula is C10H13N3O3.